The van der Waals surface area contributed by atoms with Crippen molar-refractivity contribution in [2.24, 2.45) is 10.9 Å². The fraction of sp³-hybridized carbons (Fsp3) is 0.222. The van der Waals surface area contributed by atoms with Crippen molar-refractivity contribution in [3.05, 3.63) is 28.2 Å². The van der Waals surface area contributed by atoms with Crippen LogP contribution >= 0.6 is 35.0 Å². The Morgan fingerprint density at radius 3 is 2.73 bits per heavy atom. The maximum Gasteiger partial charge on any atom is 0.139 e. The van der Waals surface area contributed by atoms with E-state index in [1.165, 1.54) is 0 Å². The molecule has 1 aromatic carbocycles. The van der Waals surface area contributed by atoms with Gasteiger partial charge in [-0.15, -0.1) is 11.8 Å². The molecule has 0 aliphatic heterocycles. The van der Waals surface area contributed by atoms with Crippen molar-refractivity contribution >= 4 is 40.8 Å². The molecule has 0 spiro atoms. The van der Waals surface area contributed by atoms with Crippen molar-refractivity contribution in [1.29, 1.82) is 0 Å². The van der Waals surface area contributed by atoms with Crippen molar-refractivity contribution in [2.75, 3.05) is 5.75 Å². The van der Waals surface area contributed by atoms with Crippen LogP contribution in [0.3, 0.4) is 0 Å². The maximum atomic E-state index is 8.33. The molecule has 3 N–H and O–H groups in total. The van der Waals surface area contributed by atoms with E-state index in [0.29, 0.717) is 16.5 Å². The molecule has 0 aliphatic rings. The Hall–Kier alpha value is -0.580. The number of hydrogen-bond donors (Lipinski definition) is 2. The third kappa shape index (κ3) is 4.20. The third-order valence-corrected chi connectivity index (χ3v) is 3.38. The van der Waals surface area contributed by atoms with Crippen LogP contribution in [0.25, 0.3) is 0 Å². The first-order valence-corrected chi connectivity index (χ1v) is 5.92. The first-order chi connectivity index (χ1) is 7.13. The molecule has 0 saturated carbocycles. The SMILES string of the molecule is NC(CCSc1ccc(Cl)c(Cl)c1)=NO. The van der Waals surface area contributed by atoms with Crippen LogP contribution in [0.4, 0.5) is 0 Å². The summed E-state index contributed by atoms with van der Waals surface area (Å²) in [5.74, 6) is 0.955. The van der Waals surface area contributed by atoms with Crippen molar-refractivity contribution in [3.8, 4) is 0 Å². The molecule has 0 aromatic heterocycles. The molecule has 0 saturated heterocycles. The van der Waals surface area contributed by atoms with Gasteiger partial charge in [-0.1, -0.05) is 28.4 Å². The molecule has 0 amide bonds. The fourth-order valence-corrected chi connectivity index (χ4v) is 2.17. The van der Waals surface area contributed by atoms with Crippen LogP contribution in [0.1, 0.15) is 6.42 Å². The van der Waals surface area contributed by atoms with E-state index in [2.05, 4.69) is 5.16 Å². The molecule has 0 atom stereocenters. The van der Waals surface area contributed by atoms with Crippen LogP contribution in [0.15, 0.2) is 28.3 Å². The molecule has 0 radical (unpaired) electrons. The lowest BCUT2D eigenvalue weighted by atomic mass is 10.4. The number of rotatable bonds is 4. The Morgan fingerprint density at radius 2 is 2.13 bits per heavy atom. The third-order valence-electron chi connectivity index (χ3n) is 1.65. The van der Waals surface area contributed by atoms with Crippen LogP contribution in [-0.2, 0) is 0 Å². The zero-order chi connectivity index (χ0) is 11.3. The molecule has 0 heterocycles. The molecular formula is C9H10Cl2N2OS. The topological polar surface area (TPSA) is 58.6 Å². The highest BCUT2D eigenvalue weighted by Crippen LogP contribution is 2.28. The summed E-state index contributed by atoms with van der Waals surface area (Å²) in [4.78, 5) is 1.01. The molecule has 0 aliphatic carbocycles. The molecular weight excluding hydrogens is 255 g/mol. The number of nitrogens with two attached hydrogens (primary N) is 1. The summed E-state index contributed by atoms with van der Waals surface area (Å²) in [6.45, 7) is 0. The standard InChI is InChI=1S/C9H10Cl2N2OS/c10-7-2-1-6(5-8(7)11)15-4-3-9(12)13-14/h1-2,5,14H,3-4H2,(H2,12,13). The summed E-state index contributed by atoms with van der Waals surface area (Å²) in [6, 6.07) is 5.42. The highest BCUT2D eigenvalue weighted by atomic mass is 35.5. The van der Waals surface area contributed by atoms with Gasteiger partial charge < -0.3 is 10.9 Å². The Labute approximate surface area is 102 Å². The van der Waals surface area contributed by atoms with E-state index < -0.39 is 0 Å². The van der Waals surface area contributed by atoms with Gasteiger partial charge in [0, 0.05) is 17.1 Å². The van der Waals surface area contributed by atoms with E-state index in [-0.39, 0.29) is 5.84 Å². The van der Waals surface area contributed by atoms with Crippen LogP contribution < -0.4 is 5.73 Å². The highest BCUT2D eigenvalue weighted by Gasteiger charge is 2.00. The van der Waals surface area contributed by atoms with Gasteiger partial charge in [-0.3, -0.25) is 0 Å². The molecule has 6 heteroatoms. The van der Waals surface area contributed by atoms with Gasteiger partial charge in [0.15, 0.2) is 0 Å². The van der Waals surface area contributed by atoms with E-state index in [1.54, 1.807) is 23.9 Å². The monoisotopic (exact) mass is 264 g/mol. The summed E-state index contributed by atoms with van der Waals surface area (Å²) in [7, 11) is 0. The predicted octanol–water partition coefficient (Wildman–Crippen LogP) is 3.22. The normalized spacial score (nSPS) is 11.7. The minimum atomic E-state index is 0.225. The van der Waals surface area contributed by atoms with Crippen molar-refractivity contribution < 1.29 is 5.21 Å². The molecule has 3 nitrogen and oxygen atoms in total. The lowest BCUT2D eigenvalue weighted by molar-refractivity contribution is 0.317. The predicted molar refractivity (Wildman–Crippen MR) is 65.2 cm³/mol. The minimum Gasteiger partial charge on any atom is -0.409 e. The highest BCUT2D eigenvalue weighted by molar-refractivity contribution is 7.99. The van der Waals surface area contributed by atoms with E-state index in [4.69, 9.17) is 34.1 Å². The number of oxime groups is 1. The Balaban J connectivity index is 2.48. The number of benzene rings is 1. The molecule has 82 valence electrons. The molecule has 0 fully saturated rings. The van der Waals surface area contributed by atoms with Crippen molar-refractivity contribution in [1.82, 2.24) is 0 Å². The van der Waals surface area contributed by atoms with Crippen LogP contribution in [0.2, 0.25) is 10.0 Å². The Kier molecular flexibility index (Phi) is 5.08. The van der Waals surface area contributed by atoms with E-state index in [9.17, 15) is 0 Å². The second-order valence-corrected chi connectivity index (χ2v) is 4.75. The fourth-order valence-electron chi connectivity index (χ4n) is 0.890. The van der Waals surface area contributed by atoms with Gasteiger partial charge in [-0.2, -0.15) is 0 Å². The van der Waals surface area contributed by atoms with Crippen LogP contribution in [0.5, 0.6) is 0 Å². The van der Waals surface area contributed by atoms with Gasteiger partial charge in [0.05, 0.1) is 10.0 Å². The van der Waals surface area contributed by atoms with E-state index in [0.717, 1.165) is 10.6 Å². The molecule has 1 rings (SSSR count). The largest absolute Gasteiger partial charge is 0.409 e. The van der Waals surface area contributed by atoms with Gasteiger partial charge in [-0.05, 0) is 18.2 Å². The van der Waals surface area contributed by atoms with Crippen molar-refractivity contribution in [3.63, 3.8) is 0 Å². The minimum absolute atomic E-state index is 0.225. The number of nitrogens with zero attached hydrogens (tertiary/aromatic N) is 1. The smallest absolute Gasteiger partial charge is 0.139 e. The Bertz CT molecular complexity index is 371. The van der Waals surface area contributed by atoms with Crippen LogP contribution in [0, 0.1) is 0 Å². The lowest BCUT2D eigenvalue weighted by Gasteiger charge is -2.02. The maximum absolute atomic E-state index is 8.33. The van der Waals surface area contributed by atoms with E-state index >= 15 is 0 Å². The van der Waals surface area contributed by atoms with E-state index in [1.807, 2.05) is 6.07 Å². The number of halogens is 2. The van der Waals surface area contributed by atoms with Gasteiger partial charge in [0.2, 0.25) is 0 Å². The lowest BCUT2D eigenvalue weighted by Crippen LogP contribution is -2.11. The molecule has 15 heavy (non-hydrogen) atoms. The number of amidine groups is 1. The van der Waals surface area contributed by atoms with Gasteiger partial charge in [0.25, 0.3) is 0 Å². The number of hydrogen-bond acceptors (Lipinski definition) is 3. The Morgan fingerprint density at radius 1 is 1.40 bits per heavy atom. The molecule has 0 unspecified atom stereocenters. The summed E-state index contributed by atoms with van der Waals surface area (Å²) >= 11 is 13.2. The second kappa shape index (κ2) is 6.10. The average molecular weight is 265 g/mol. The first-order valence-electron chi connectivity index (χ1n) is 4.17. The summed E-state index contributed by atoms with van der Waals surface area (Å²) in [6.07, 6.45) is 0.529. The number of thioether (sulfide) groups is 1. The first kappa shape index (κ1) is 12.5. The van der Waals surface area contributed by atoms with Gasteiger partial charge in [0.1, 0.15) is 5.84 Å². The zero-order valence-electron chi connectivity index (χ0n) is 7.78. The average Bonchev–Trinajstić information content (AvgIpc) is 2.23. The summed E-state index contributed by atoms with van der Waals surface area (Å²) in [5.41, 5.74) is 5.33. The van der Waals surface area contributed by atoms with Crippen LogP contribution in [-0.4, -0.2) is 16.8 Å². The summed E-state index contributed by atoms with van der Waals surface area (Å²) in [5, 5.41) is 12.3. The summed E-state index contributed by atoms with van der Waals surface area (Å²) < 4.78 is 0. The second-order valence-electron chi connectivity index (χ2n) is 2.77. The van der Waals surface area contributed by atoms with Gasteiger partial charge >= 0.3 is 0 Å². The van der Waals surface area contributed by atoms with Gasteiger partial charge in [-0.25, -0.2) is 0 Å². The van der Waals surface area contributed by atoms with Crippen molar-refractivity contribution in [2.45, 2.75) is 11.3 Å². The molecule has 1 aromatic rings. The quantitative estimate of drug-likeness (QED) is 0.289. The molecule has 0 bridgehead atoms. The zero-order valence-corrected chi connectivity index (χ0v) is 10.1.